The summed E-state index contributed by atoms with van der Waals surface area (Å²) in [6.07, 6.45) is 1.79. The number of aromatic carboxylic acids is 1. The number of carboxylic acids is 1. The maximum atomic E-state index is 11.3. The lowest BCUT2D eigenvalue weighted by atomic mass is 10.0. The first-order chi connectivity index (χ1) is 13.6. The molecule has 0 amide bonds. The second-order valence-electron chi connectivity index (χ2n) is 6.04. The molecule has 4 rings (SSSR count). The summed E-state index contributed by atoms with van der Waals surface area (Å²) >= 11 is 7.73. The van der Waals surface area contributed by atoms with Crippen LogP contribution in [0.3, 0.4) is 0 Å². The molecule has 0 aliphatic carbocycles. The third-order valence-corrected chi connectivity index (χ3v) is 5.28. The van der Waals surface area contributed by atoms with E-state index in [0.29, 0.717) is 28.2 Å². The van der Waals surface area contributed by atoms with Gasteiger partial charge in [-0.05, 0) is 24.0 Å². The molecule has 0 aliphatic rings. The van der Waals surface area contributed by atoms with Crippen molar-refractivity contribution in [1.82, 2.24) is 20.2 Å². The van der Waals surface area contributed by atoms with E-state index in [9.17, 15) is 9.90 Å². The number of hydrogen-bond acceptors (Lipinski definition) is 5. The molecule has 142 valence electrons. The fourth-order valence-electron chi connectivity index (χ4n) is 2.96. The number of carbonyl (C=O) groups is 1. The van der Waals surface area contributed by atoms with Crippen molar-refractivity contribution in [3.05, 3.63) is 59.0 Å². The third-order valence-electron chi connectivity index (χ3n) is 4.29. The van der Waals surface area contributed by atoms with E-state index in [2.05, 4.69) is 25.5 Å². The van der Waals surface area contributed by atoms with E-state index < -0.39 is 5.97 Å². The van der Waals surface area contributed by atoms with Gasteiger partial charge in [-0.1, -0.05) is 41.9 Å². The highest BCUT2D eigenvalue weighted by atomic mass is 35.5. The average molecular weight is 414 g/mol. The smallest absolute Gasteiger partial charge is 0.355 e. The Balaban J connectivity index is 1.64. The molecule has 0 fully saturated rings. The number of H-pyrrole nitrogens is 2. The minimum atomic E-state index is -1.03. The first-order valence-corrected chi connectivity index (χ1v) is 10.00. The molecular formula is C19H16ClN5O2S. The quantitative estimate of drug-likeness (QED) is 0.343. The Morgan fingerprint density at radius 1 is 1.29 bits per heavy atom. The molecule has 0 unspecified atom stereocenters. The fourth-order valence-corrected chi connectivity index (χ4v) is 3.78. The van der Waals surface area contributed by atoms with Crippen molar-refractivity contribution in [3.8, 4) is 11.1 Å². The van der Waals surface area contributed by atoms with Crippen LogP contribution in [0.4, 0.5) is 5.82 Å². The number of aromatic nitrogens is 4. The van der Waals surface area contributed by atoms with Crippen molar-refractivity contribution >= 4 is 46.1 Å². The van der Waals surface area contributed by atoms with E-state index in [0.717, 1.165) is 22.0 Å². The summed E-state index contributed by atoms with van der Waals surface area (Å²) in [7, 11) is 0. The second-order valence-corrected chi connectivity index (χ2v) is 7.24. The number of rotatable bonds is 6. The lowest BCUT2D eigenvalue weighted by Gasteiger charge is -2.06. The first-order valence-electron chi connectivity index (χ1n) is 8.40. The van der Waals surface area contributed by atoms with Crippen molar-refractivity contribution in [2.24, 2.45) is 0 Å². The lowest BCUT2D eigenvalue weighted by molar-refractivity contribution is 0.0687. The molecule has 0 atom stereocenters. The van der Waals surface area contributed by atoms with Gasteiger partial charge >= 0.3 is 5.97 Å². The van der Waals surface area contributed by atoms with Crippen LogP contribution in [0.5, 0.6) is 0 Å². The Morgan fingerprint density at radius 2 is 2.07 bits per heavy atom. The number of nitrogens with one attached hydrogen (secondary N) is 3. The van der Waals surface area contributed by atoms with Crippen molar-refractivity contribution in [3.63, 3.8) is 0 Å². The van der Waals surface area contributed by atoms with Crippen LogP contribution in [0.15, 0.2) is 47.5 Å². The third kappa shape index (κ3) is 3.44. The van der Waals surface area contributed by atoms with Crippen molar-refractivity contribution in [2.45, 2.75) is 11.6 Å². The predicted octanol–water partition coefficient (Wildman–Crippen LogP) is 4.64. The number of imidazole rings is 1. The number of anilines is 1. The van der Waals surface area contributed by atoms with Gasteiger partial charge in [-0.2, -0.15) is 5.10 Å². The monoisotopic (exact) mass is 413 g/mol. The average Bonchev–Trinajstić information content (AvgIpc) is 3.30. The summed E-state index contributed by atoms with van der Waals surface area (Å²) in [4.78, 5) is 18.4. The molecule has 4 aromatic rings. The standard InChI is InChI=1S/C19H16ClN5O2S/c1-28-18-16(19(26)27)22-15(23-18)9-21-17-12-7-11(10-5-3-2-4-6-10)13(20)8-14(12)24-25-17/h2-8H,9H2,1H3,(H,22,23)(H,26,27)(H2,21,24,25). The van der Waals surface area contributed by atoms with Gasteiger partial charge in [0.25, 0.3) is 0 Å². The van der Waals surface area contributed by atoms with E-state index in [1.165, 1.54) is 11.8 Å². The van der Waals surface area contributed by atoms with Crippen LogP contribution in [-0.4, -0.2) is 37.5 Å². The van der Waals surface area contributed by atoms with E-state index in [4.69, 9.17) is 11.6 Å². The topological polar surface area (TPSA) is 107 Å². The molecule has 4 N–H and O–H groups in total. The summed E-state index contributed by atoms with van der Waals surface area (Å²) in [6.45, 7) is 0.310. The number of nitrogens with zero attached hydrogens (tertiary/aromatic N) is 2. The second kappa shape index (κ2) is 7.57. The molecule has 0 saturated carbocycles. The van der Waals surface area contributed by atoms with Crippen LogP contribution in [-0.2, 0) is 6.54 Å². The van der Waals surface area contributed by atoms with Gasteiger partial charge in [0.05, 0.1) is 17.1 Å². The molecule has 0 bridgehead atoms. The lowest BCUT2D eigenvalue weighted by Crippen LogP contribution is -2.03. The van der Waals surface area contributed by atoms with Gasteiger partial charge in [0.2, 0.25) is 0 Å². The van der Waals surface area contributed by atoms with Gasteiger partial charge in [-0.3, -0.25) is 5.10 Å². The fraction of sp³-hybridized carbons (Fsp3) is 0.105. The maximum absolute atomic E-state index is 11.3. The summed E-state index contributed by atoms with van der Waals surface area (Å²) in [5.74, 6) is 0.133. The van der Waals surface area contributed by atoms with Crippen molar-refractivity contribution < 1.29 is 9.90 Å². The van der Waals surface area contributed by atoms with Crippen LogP contribution in [0, 0.1) is 0 Å². The highest BCUT2D eigenvalue weighted by Gasteiger charge is 2.16. The van der Waals surface area contributed by atoms with Crippen LogP contribution in [0.1, 0.15) is 16.3 Å². The zero-order chi connectivity index (χ0) is 19.7. The highest BCUT2D eigenvalue weighted by Crippen LogP contribution is 2.34. The largest absolute Gasteiger partial charge is 0.476 e. The van der Waals surface area contributed by atoms with Gasteiger partial charge in [0.15, 0.2) is 11.5 Å². The van der Waals surface area contributed by atoms with E-state index in [-0.39, 0.29) is 5.69 Å². The first kappa shape index (κ1) is 18.4. The van der Waals surface area contributed by atoms with E-state index in [1.807, 2.05) is 42.5 Å². The number of aromatic amines is 2. The number of fused-ring (bicyclic) bond motifs is 1. The van der Waals surface area contributed by atoms with Crippen molar-refractivity contribution in [2.75, 3.05) is 11.6 Å². The number of benzene rings is 2. The molecule has 2 aromatic carbocycles. The van der Waals surface area contributed by atoms with Crippen LogP contribution < -0.4 is 5.32 Å². The van der Waals surface area contributed by atoms with E-state index in [1.54, 1.807) is 6.26 Å². The van der Waals surface area contributed by atoms with Gasteiger partial charge in [-0.15, -0.1) is 11.8 Å². The number of halogens is 1. The molecule has 0 aliphatic heterocycles. The maximum Gasteiger partial charge on any atom is 0.355 e. The Labute approximate surface area is 169 Å². The minimum Gasteiger partial charge on any atom is -0.476 e. The van der Waals surface area contributed by atoms with Gasteiger partial charge in [0.1, 0.15) is 10.9 Å². The van der Waals surface area contributed by atoms with Gasteiger partial charge < -0.3 is 15.4 Å². The van der Waals surface area contributed by atoms with Crippen LogP contribution in [0.2, 0.25) is 5.02 Å². The summed E-state index contributed by atoms with van der Waals surface area (Å²) < 4.78 is 0. The van der Waals surface area contributed by atoms with Crippen molar-refractivity contribution in [1.29, 1.82) is 0 Å². The molecule has 0 spiro atoms. The Bertz CT molecular complexity index is 1160. The summed E-state index contributed by atoms with van der Waals surface area (Å²) in [6, 6.07) is 13.7. The molecule has 0 radical (unpaired) electrons. The Hall–Kier alpha value is -2.97. The molecule has 28 heavy (non-hydrogen) atoms. The predicted molar refractivity (Wildman–Crippen MR) is 111 cm³/mol. The number of carboxylic acid groups (broad SMARTS) is 1. The van der Waals surface area contributed by atoms with Crippen LogP contribution in [0.25, 0.3) is 22.0 Å². The molecule has 2 heterocycles. The van der Waals surface area contributed by atoms with Gasteiger partial charge in [0, 0.05) is 10.9 Å². The number of hydrogen-bond donors (Lipinski definition) is 4. The normalized spacial score (nSPS) is 11.1. The zero-order valence-corrected chi connectivity index (χ0v) is 16.4. The summed E-state index contributed by atoms with van der Waals surface area (Å²) in [5, 5.41) is 21.7. The molecule has 7 nitrogen and oxygen atoms in total. The number of thioether (sulfide) groups is 1. The SMILES string of the molecule is CSc1nc(CNc2n[nH]c3cc(Cl)c(-c4ccccc4)cc23)[nH]c1C(=O)O. The van der Waals surface area contributed by atoms with Gasteiger partial charge in [-0.25, -0.2) is 9.78 Å². The summed E-state index contributed by atoms with van der Waals surface area (Å²) in [5.41, 5.74) is 2.83. The van der Waals surface area contributed by atoms with E-state index >= 15 is 0 Å². The Morgan fingerprint density at radius 3 is 2.75 bits per heavy atom. The zero-order valence-electron chi connectivity index (χ0n) is 14.8. The molecular weight excluding hydrogens is 398 g/mol. The molecule has 0 saturated heterocycles. The molecule has 2 aromatic heterocycles. The highest BCUT2D eigenvalue weighted by molar-refractivity contribution is 7.98. The Kier molecular flexibility index (Phi) is 4.97. The van der Waals surface area contributed by atoms with Crippen LogP contribution >= 0.6 is 23.4 Å². The minimum absolute atomic E-state index is 0.0920. The molecule has 9 heteroatoms.